The van der Waals surface area contributed by atoms with E-state index in [1.807, 2.05) is 0 Å². The summed E-state index contributed by atoms with van der Waals surface area (Å²) in [5.74, 6) is -2.56. The lowest BCUT2D eigenvalue weighted by molar-refractivity contribution is 0.102. The highest BCUT2D eigenvalue weighted by atomic mass is 19.2. The number of carbonyl (C=O) groups excluding carboxylic acids is 1. The van der Waals surface area contributed by atoms with Gasteiger partial charge in [-0.2, -0.15) is 0 Å². The van der Waals surface area contributed by atoms with Gasteiger partial charge >= 0.3 is 0 Å². The number of pyridine rings is 1. The average molecular weight is 290 g/mol. The summed E-state index contributed by atoms with van der Waals surface area (Å²) >= 11 is 0. The average Bonchev–Trinajstić information content (AvgIpc) is 2.50. The van der Waals surface area contributed by atoms with Crippen LogP contribution in [-0.4, -0.2) is 17.5 Å². The van der Waals surface area contributed by atoms with Crippen molar-refractivity contribution in [3.05, 3.63) is 58.9 Å². The summed E-state index contributed by atoms with van der Waals surface area (Å²) in [5.41, 5.74) is 2.41. The molecule has 2 heterocycles. The Morgan fingerprint density at radius 1 is 1.24 bits per heavy atom. The van der Waals surface area contributed by atoms with Crippen molar-refractivity contribution in [2.75, 3.05) is 11.9 Å². The standard InChI is InChI=1S/C15H12F2N2O2/c16-12-2-1-9(6-13(12)17)15(20)19-11-5-10-8-21-4-3-14(10)18-7-11/h1-2,5-7H,3-4,8H2,(H,19,20). The Morgan fingerprint density at radius 3 is 2.90 bits per heavy atom. The number of amides is 1. The molecular weight excluding hydrogens is 278 g/mol. The molecule has 0 saturated heterocycles. The van der Waals surface area contributed by atoms with Crippen LogP contribution in [0, 0.1) is 11.6 Å². The predicted molar refractivity (Wildman–Crippen MR) is 71.9 cm³/mol. The van der Waals surface area contributed by atoms with Gasteiger partial charge in [0.25, 0.3) is 5.91 Å². The molecule has 3 rings (SSSR count). The third-order valence-corrected chi connectivity index (χ3v) is 3.24. The summed E-state index contributed by atoms with van der Waals surface area (Å²) in [4.78, 5) is 16.3. The molecule has 1 aromatic carbocycles. The summed E-state index contributed by atoms with van der Waals surface area (Å²) in [5, 5.41) is 2.61. The summed E-state index contributed by atoms with van der Waals surface area (Å²) in [7, 11) is 0. The molecule has 0 fully saturated rings. The van der Waals surface area contributed by atoms with E-state index in [2.05, 4.69) is 10.3 Å². The molecule has 21 heavy (non-hydrogen) atoms. The van der Waals surface area contributed by atoms with Crippen LogP contribution in [0.1, 0.15) is 21.6 Å². The zero-order valence-corrected chi connectivity index (χ0v) is 11.0. The van der Waals surface area contributed by atoms with Crippen LogP contribution in [0.2, 0.25) is 0 Å². The number of halogens is 2. The molecule has 4 nitrogen and oxygen atoms in total. The van der Waals surface area contributed by atoms with Crippen LogP contribution >= 0.6 is 0 Å². The lowest BCUT2D eigenvalue weighted by Gasteiger charge is -2.16. The van der Waals surface area contributed by atoms with Crippen LogP contribution in [0.5, 0.6) is 0 Å². The Kier molecular flexibility index (Phi) is 3.62. The molecule has 0 unspecified atom stereocenters. The minimum Gasteiger partial charge on any atom is -0.376 e. The largest absolute Gasteiger partial charge is 0.376 e. The molecule has 0 atom stereocenters. The summed E-state index contributed by atoms with van der Waals surface area (Å²) in [6.45, 7) is 1.10. The number of rotatable bonds is 2. The molecule has 108 valence electrons. The molecule has 1 aromatic heterocycles. The Labute approximate surface area is 119 Å². The number of ether oxygens (including phenoxy) is 1. The minimum atomic E-state index is -1.06. The predicted octanol–water partition coefficient (Wildman–Crippen LogP) is 2.68. The van der Waals surface area contributed by atoms with Gasteiger partial charge in [-0.05, 0) is 24.3 Å². The fraction of sp³-hybridized carbons (Fsp3) is 0.200. The number of benzene rings is 1. The van der Waals surface area contributed by atoms with E-state index < -0.39 is 17.5 Å². The highest BCUT2D eigenvalue weighted by molar-refractivity contribution is 6.04. The number of hydrogen-bond acceptors (Lipinski definition) is 3. The second-order valence-corrected chi connectivity index (χ2v) is 4.72. The van der Waals surface area contributed by atoms with Crippen molar-refractivity contribution in [1.29, 1.82) is 0 Å². The smallest absolute Gasteiger partial charge is 0.255 e. The molecule has 1 aliphatic rings. The van der Waals surface area contributed by atoms with Crippen LogP contribution in [-0.2, 0) is 17.8 Å². The first-order valence-corrected chi connectivity index (χ1v) is 6.45. The Hall–Kier alpha value is -2.34. The van der Waals surface area contributed by atoms with Gasteiger partial charge in [0.15, 0.2) is 11.6 Å². The van der Waals surface area contributed by atoms with Gasteiger partial charge in [-0.1, -0.05) is 0 Å². The van der Waals surface area contributed by atoms with Crippen LogP contribution in [0.15, 0.2) is 30.5 Å². The number of anilines is 1. The van der Waals surface area contributed by atoms with Gasteiger partial charge in [-0.15, -0.1) is 0 Å². The molecule has 0 bridgehead atoms. The lowest BCUT2D eigenvalue weighted by atomic mass is 10.1. The van der Waals surface area contributed by atoms with E-state index in [0.717, 1.165) is 29.8 Å². The minimum absolute atomic E-state index is 0.0443. The topological polar surface area (TPSA) is 51.2 Å². The molecule has 0 spiro atoms. The molecule has 6 heteroatoms. The number of aromatic nitrogens is 1. The lowest BCUT2D eigenvalue weighted by Crippen LogP contribution is -2.15. The number of hydrogen-bond donors (Lipinski definition) is 1. The van der Waals surface area contributed by atoms with E-state index in [-0.39, 0.29) is 5.56 Å². The monoisotopic (exact) mass is 290 g/mol. The van der Waals surface area contributed by atoms with Gasteiger partial charge in [0.1, 0.15) is 0 Å². The van der Waals surface area contributed by atoms with E-state index in [9.17, 15) is 13.6 Å². The number of nitrogens with zero attached hydrogens (tertiary/aromatic N) is 1. The van der Waals surface area contributed by atoms with Crippen molar-refractivity contribution in [3.8, 4) is 0 Å². The SMILES string of the molecule is O=C(Nc1cnc2c(c1)COCC2)c1ccc(F)c(F)c1. The van der Waals surface area contributed by atoms with E-state index in [4.69, 9.17) is 4.74 Å². The highest BCUT2D eigenvalue weighted by Gasteiger charge is 2.14. The molecule has 0 saturated carbocycles. The van der Waals surface area contributed by atoms with Crippen molar-refractivity contribution in [2.45, 2.75) is 13.0 Å². The molecule has 1 aliphatic heterocycles. The molecular formula is C15H12F2N2O2. The van der Waals surface area contributed by atoms with E-state index in [0.29, 0.717) is 18.9 Å². The Morgan fingerprint density at radius 2 is 2.10 bits per heavy atom. The maximum absolute atomic E-state index is 13.1. The zero-order chi connectivity index (χ0) is 14.8. The van der Waals surface area contributed by atoms with Gasteiger partial charge in [0, 0.05) is 23.2 Å². The van der Waals surface area contributed by atoms with Gasteiger partial charge in [-0.3, -0.25) is 9.78 Å². The van der Waals surface area contributed by atoms with Crippen molar-refractivity contribution < 1.29 is 18.3 Å². The first-order valence-electron chi connectivity index (χ1n) is 6.45. The molecule has 1 amide bonds. The van der Waals surface area contributed by atoms with Crippen LogP contribution < -0.4 is 5.32 Å². The third kappa shape index (κ3) is 2.90. The fourth-order valence-electron chi connectivity index (χ4n) is 2.15. The highest BCUT2D eigenvalue weighted by Crippen LogP contribution is 2.19. The Balaban J connectivity index is 1.79. The molecule has 0 aliphatic carbocycles. The number of nitrogens with one attached hydrogen (secondary N) is 1. The number of carbonyl (C=O) groups is 1. The molecule has 0 radical (unpaired) electrons. The maximum Gasteiger partial charge on any atom is 0.255 e. The number of fused-ring (bicyclic) bond motifs is 1. The van der Waals surface area contributed by atoms with Gasteiger partial charge in [-0.25, -0.2) is 8.78 Å². The van der Waals surface area contributed by atoms with Crippen molar-refractivity contribution in [2.24, 2.45) is 0 Å². The molecule has 2 aromatic rings. The quantitative estimate of drug-likeness (QED) is 0.925. The van der Waals surface area contributed by atoms with Gasteiger partial charge in [0.05, 0.1) is 25.1 Å². The molecule has 1 N–H and O–H groups in total. The zero-order valence-electron chi connectivity index (χ0n) is 11.0. The van der Waals surface area contributed by atoms with E-state index >= 15 is 0 Å². The second kappa shape index (κ2) is 5.57. The fourth-order valence-corrected chi connectivity index (χ4v) is 2.15. The summed E-state index contributed by atoms with van der Waals surface area (Å²) in [6.07, 6.45) is 2.29. The van der Waals surface area contributed by atoms with E-state index in [1.54, 1.807) is 12.3 Å². The first kappa shape index (κ1) is 13.6. The van der Waals surface area contributed by atoms with Crippen LogP contribution in [0.25, 0.3) is 0 Å². The van der Waals surface area contributed by atoms with Gasteiger partial charge < -0.3 is 10.1 Å². The van der Waals surface area contributed by atoms with Crippen molar-refractivity contribution in [3.63, 3.8) is 0 Å². The van der Waals surface area contributed by atoms with Crippen LogP contribution in [0.4, 0.5) is 14.5 Å². The first-order chi connectivity index (χ1) is 10.1. The summed E-state index contributed by atoms with van der Waals surface area (Å²) < 4.78 is 31.3. The maximum atomic E-state index is 13.1. The summed E-state index contributed by atoms with van der Waals surface area (Å²) in [6, 6.07) is 4.78. The van der Waals surface area contributed by atoms with Crippen molar-refractivity contribution >= 4 is 11.6 Å². The normalized spacial score (nSPS) is 13.6. The second-order valence-electron chi connectivity index (χ2n) is 4.72. The third-order valence-electron chi connectivity index (χ3n) is 3.24. The van der Waals surface area contributed by atoms with E-state index in [1.165, 1.54) is 6.07 Å². The van der Waals surface area contributed by atoms with Crippen LogP contribution in [0.3, 0.4) is 0 Å². The Bertz CT molecular complexity index is 704. The van der Waals surface area contributed by atoms with Gasteiger partial charge in [0.2, 0.25) is 0 Å². The van der Waals surface area contributed by atoms with Crippen molar-refractivity contribution in [1.82, 2.24) is 4.98 Å².